The number of likely N-dealkylation sites (N-methyl/N-ethyl adjacent to an activating group) is 1. The molecule has 0 heterocycles. The molecule has 1 atom stereocenters. The van der Waals surface area contributed by atoms with Crippen molar-refractivity contribution in [1.82, 2.24) is 9.62 Å². The summed E-state index contributed by atoms with van der Waals surface area (Å²) in [7, 11) is -0.869. The summed E-state index contributed by atoms with van der Waals surface area (Å²) >= 11 is 3.36. The third-order valence-electron chi connectivity index (χ3n) is 3.88. The molecule has 0 saturated carbocycles. The lowest BCUT2D eigenvalue weighted by molar-refractivity contribution is -0.121. The maximum Gasteiger partial charge on any atom is 0.243 e. The highest BCUT2D eigenvalue weighted by molar-refractivity contribution is 9.10. The van der Waals surface area contributed by atoms with Crippen molar-refractivity contribution in [3.63, 3.8) is 0 Å². The van der Waals surface area contributed by atoms with E-state index in [-0.39, 0.29) is 23.4 Å². The number of methoxy groups -OCH3 is 1. The second-order valence-corrected chi connectivity index (χ2v) is 8.74. The highest BCUT2D eigenvalue weighted by Crippen LogP contribution is 2.19. The molecule has 26 heavy (non-hydrogen) atoms. The van der Waals surface area contributed by atoms with Gasteiger partial charge in [0.1, 0.15) is 5.75 Å². The quantitative estimate of drug-likeness (QED) is 0.717. The van der Waals surface area contributed by atoms with E-state index < -0.39 is 10.0 Å². The number of halogens is 1. The summed E-state index contributed by atoms with van der Waals surface area (Å²) in [6.45, 7) is 1.58. The van der Waals surface area contributed by atoms with Crippen LogP contribution in [0.2, 0.25) is 0 Å². The van der Waals surface area contributed by atoms with E-state index in [0.717, 1.165) is 14.3 Å². The van der Waals surface area contributed by atoms with Gasteiger partial charge in [0.05, 0.1) is 24.6 Å². The molecule has 8 heteroatoms. The van der Waals surface area contributed by atoms with E-state index in [9.17, 15) is 13.2 Å². The van der Waals surface area contributed by atoms with E-state index in [0.29, 0.717) is 5.75 Å². The van der Waals surface area contributed by atoms with Gasteiger partial charge in [0, 0.05) is 11.5 Å². The molecule has 0 bridgehead atoms. The number of benzene rings is 2. The maximum atomic E-state index is 12.6. The number of sulfonamides is 1. The van der Waals surface area contributed by atoms with Gasteiger partial charge in [-0.05, 0) is 48.9 Å². The topological polar surface area (TPSA) is 75.7 Å². The number of carbonyl (C=O) groups excluding carboxylic acids is 1. The Morgan fingerprint density at radius 1 is 1.15 bits per heavy atom. The second kappa shape index (κ2) is 8.66. The van der Waals surface area contributed by atoms with Crippen LogP contribution >= 0.6 is 15.9 Å². The van der Waals surface area contributed by atoms with Crippen molar-refractivity contribution in [2.24, 2.45) is 0 Å². The zero-order valence-electron chi connectivity index (χ0n) is 14.8. The van der Waals surface area contributed by atoms with Gasteiger partial charge in [-0.2, -0.15) is 4.31 Å². The summed E-state index contributed by atoms with van der Waals surface area (Å²) in [6.07, 6.45) is 0. The van der Waals surface area contributed by atoms with Crippen LogP contribution in [-0.4, -0.2) is 39.3 Å². The molecule has 2 aromatic carbocycles. The number of amides is 1. The number of nitrogens with one attached hydrogen (secondary N) is 1. The lowest BCUT2D eigenvalue weighted by atomic mass is 10.1. The molecule has 0 radical (unpaired) electrons. The van der Waals surface area contributed by atoms with Crippen molar-refractivity contribution in [1.29, 1.82) is 0 Å². The van der Waals surface area contributed by atoms with E-state index in [4.69, 9.17) is 4.74 Å². The predicted molar refractivity (Wildman–Crippen MR) is 104 cm³/mol. The molecular formula is C18H21BrN2O4S. The third-order valence-corrected chi connectivity index (χ3v) is 6.23. The van der Waals surface area contributed by atoms with Crippen LogP contribution in [0.5, 0.6) is 5.75 Å². The number of hydrogen-bond donors (Lipinski definition) is 1. The van der Waals surface area contributed by atoms with Gasteiger partial charge < -0.3 is 10.1 Å². The summed E-state index contributed by atoms with van der Waals surface area (Å²) in [6, 6.07) is 13.4. The van der Waals surface area contributed by atoms with Crippen molar-refractivity contribution < 1.29 is 17.9 Å². The fourth-order valence-corrected chi connectivity index (χ4v) is 3.73. The summed E-state index contributed by atoms with van der Waals surface area (Å²) in [5.41, 5.74) is 0.933. The Labute approximate surface area is 162 Å². The minimum absolute atomic E-state index is 0.106. The molecule has 2 aromatic rings. The van der Waals surface area contributed by atoms with Crippen LogP contribution in [-0.2, 0) is 14.8 Å². The smallest absolute Gasteiger partial charge is 0.243 e. The molecule has 6 nitrogen and oxygen atoms in total. The standard InChI is InChI=1S/C18H21BrN2O4S/c1-13(14-4-6-15(19)7-5-14)20-18(22)12-21(2)26(23,24)17-10-8-16(25-3)9-11-17/h4-11,13H,12H2,1-3H3,(H,20,22). The van der Waals surface area contributed by atoms with Gasteiger partial charge in [-0.25, -0.2) is 8.42 Å². The first-order chi connectivity index (χ1) is 12.2. The lowest BCUT2D eigenvalue weighted by Gasteiger charge is -2.19. The van der Waals surface area contributed by atoms with Crippen LogP contribution in [0.25, 0.3) is 0 Å². The van der Waals surface area contributed by atoms with Gasteiger partial charge in [0.2, 0.25) is 15.9 Å². The van der Waals surface area contributed by atoms with Gasteiger partial charge >= 0.3 is 0 Å². The lowest BCUT2D eigenvalue weighted by Crippen LogP contribution is -2.39. The zero-order chi connectivity index (χ0) is 19.3. The Hall–Kier alpha value is -1.90. The predicted octanol–water partition coefficient (Wildman–Crippen LogP) is 2.96. The van der Waals surface area contributed by atoms with E-state index in [2.05, 4.69) is 21.2 Å². The minimum Gasteiger partial charge on any atom is -0.497 e. The number of carbonyl (C=O) groups is 1. The van der Waals surface area contributed by atoms with Gasteiger partial charge in [0.25, 0.3) is 0 Å². The van der Waals surface area contributed by atoms with Gasteiger partial charge in [-0.1, -0.05) is 28.1 Å². The number of nitrogens with zero attached hydrogens (tertiary/aromatic N) is 1. The van der Waals surface area contributed by atoms with Crippen LogP contribution < -0.4 is 10.1 Å². The number of hydrogen-bond acceptors (Lipinski definition) is 4. The molecule has 0 spiro atoms. The molecule has 0 aromatic heterocycles. The Balaban J connectivity index is 2.01. The molecule has 1 N–H and O–H groups in total. The van der Waals surface area contributed by atoms with Crippen LogP contribution in [0.1, 0.15) is 18.5 Å². The second-order valence-electron chi connectivity index (χ2n) is 5.78. The first-order valence-electron chi connectivity index (χ1n) is 7.89. The summed E-state index contributed by atoms with van der Waals surface area (Å²) < 4.78 is 32.1. The fraction of sp³-hybridized carbons (Fsp3) is 0.278. The van der Waals surface area contributed by atoms with Crippen molar-refractivity contribution >= 4 is 31.9 Å². The van der Waals surface area contributed by atoms with E-state index in [1.165, 1.54) is 26.3 Å². The minimum atomic E-state index is -3.75. The molecule has 0 saturated heterocycles. The summed E-state index contributed by atoms with van der Waals surface area (Å²) in [5.74, 6) is 0.188. The molecule has 0 aliphatic rings. The molecule has 0 aliphatic carbocycles. The first kappa shape index (κ1) is 20.4. The first-order valence-corrected chi connectivity index (χ1v) is 10.1. The van der Waals surface area contributed by atoms with Gasteiger partial charge in [-0.3, -0.25) is 4.79 Å². The molecule has 140 valence electrons. The highest BCUT2D eigenvalue weighted by atomic mass is 79.9. The molecule has 0 fully saturated rings. The third kappa shape index (κ3) is 5.06. The van der Waals surface area contributed by atoms with Gasteiger partial charge in [-0.15, -0.1) is 0 Å². The Morgan fingerprint density at radius 3 is 2.27 bits per heavy atom. The zero-order valence-corrected chi connectivity index (χ0v) is 17.2. The fourth-order valence-electron chi connectivity index (χ4n) is 2.34. The largest absolute Gasteiger partial charge is 0.497 e. The van der Waals surface area contributed by atoms with E-state index >= 15 is 0 Å². The average Bonchev–Trinajstić information content (AvgIpc) is 2.62. The average molecular weight is 441 g/mol. The summed E-state index contributed by atoms with van der Waals surface area (Å²) in [4.78, 5) is 12.3. The van der Waals surface area contributed by atoms with Crippen LogP contribution in [0.15, 0.2) is 57.9 Å². The van der Waals surface area contributed by atoms with Crippen molar-refractivity contribution in [3.05, 3.63) is 58.6 Å². The van der Waals surface area contributed by atoms with Crippen LogP contribution in [0.3, 0.4) is 0 Å². The Bertz CT molecular complexity index is 852. The van der Waals surface area contributed by atoms with Crippen molar-refractivity contribution in [2.75, 3.05) is 20.7 Å². The molecule has 1 amide bonds. The van der Waals surface area contributed by atoms with E-state index in [1.54, 1.807) is 12.1 Å². The van der Waals surface area contributed by atoms with Crippen molar-refractivity contribution in [2.45, 2.75) is 17.9 Å². The normalized spacial score (nSPS) is 12.7. The number of ether oxygens (including phenoxy) is 1. The molecule has 2 rings (SSSR count). The summed E-state index contributed by atoms with van der Waals surface area (Å²) in [5, 5.41) is 2.81. The Kier molecular flexibility index (Phi) is 6.80. The molecule has 1 unspecified atom stereocenters. The SMILES string of the molecule is COc1ccc(S(=O)(=O)N(C)CC(=O)NC(C)c2ccc(Br)cc2)cc1. The van der Waals surface area contributed by atoms with Crippen LogP contribution in [0.4, 0.5) is 0 Å². The van der Waals surface area contributed by atoms with Crippen LogP contribution in [0, 0.1) is 0 Å². The van der Waals surface area contributed by atoms with Crippen molar-refractivity contribution in [3.8, 4) is 5.75 Å². The molecule has 0 aliphatic heterocycles. The number of rotatable bonds is 7. The maximum absolute atomic E-state index is 12.6. The van der Waals surface area contributed by atoms with Gasteiger partial charge in [0.15, 0.2) is 0 Å². The van der Waals surface area contributed by atoms with E-state index in [1.807, 2.05) is 31.2 Å². The Morgan fingerprint density at radius 2 is 1.73 bits per heavy atom. The highest BCUT2D eigenvalue weighted by Gasteiger charge is 2.23. The monoisotopic (exact) mass is 440 g/mol. The molecular weight excluding hydrogens is 420 g/mol.